The first-order chi connectivity index (χ1) is 8.61. The highest BCUT2D eigenvalue weighted by Gasteiger charge is 2.04. The van der Waals surface area contributed by atoms with Crippen molar-refractivity contribution in [3.05, 3.63) is 68.0 Å². The van der Waals surface area contributed by atoms with Gasteiger partial charge in [-0.15, -0.1) is 0 Å². The summed E-state index contributed by atoms with van der Waals surface area (Å²) in [5.74, 6) is 0. The molecule has 0 atom stereocenters. The van der Waals surface area contributed by atoms with Gasteiger partial charge in [0.05, 0.1) is 18.2 Å². The molecule has 0 aliphatic rings. The minimum absolute atomic E-state index is 0.196. The van der Waals surface area contributed by atoms with E-state index >= 15 is 0 Å². The SMILES string of the molecule is Cc1c[nH]c(=O)n(Cc2ccc(C#N)cc2)c1=O. The maximum Gasteiger partial charge on any atom is 0.328 e. The first kappa shape index (κ1) is 11.9. The van der Waals surface area contributed by atoms with Crippen LogP contribution in [0.3, 0.4) is 0 Å². The van der Waals surface area contributed by atoms with E-state index in [0.29, 0.717) is 11.1 Å². The number of nitriles is 1. The van der Waals surface area contributed by atoms with Gasteiger partial charge in [-0.1, -0.05) is 12.1 Å². The summed E-state index contributed by atoms with van der Waals surface area (Å²) in [5.41, 5.74) is 1.10. The third-order valence-corrected chi connectivity index (χ3v) is 2.66. The van der Waals surface area contributed by atoms with Gasteiger partial charge in [0.25, 0.3) is 5.56 Å². The van der Waals surface area contributed by atoms with E-state index in [1.54, 1.807) is 31.2 Å². The molecule has 0 aliphatic heterocycles. The molecular formula is C13H11N3O2. The smallest absolute Gasteiger partial charge is 0.314 e. The summed E-state index contributed by atoms with van der Waals surface area (Å²) < 4.78 is 1.14. The quantitative estimate of drug-likeness (QED) is 0.843. The largest absolute Gasteiger partial charge is 0.328 e. The molecule has 0 bridgehead atoms. The van der Waals surface area contributed by atoms with Crippen LogP contribution in [0.2, 0.25) is 0 Å². The average molecular weight is 241 g/mol. The van der Waals surface area contributed by atoms with E-state index < -0.39 is 5.69 Å². The van der Waals surface area contributed by atoms with Crippen molar-refractivity contribution in [1.82, 2.24) is 9.55 Å². The van der Waals surface area contributed by atoms with E-state index in [-0.39, 0.29) is 12.1 Å². The predicted octanol–water partition coefficient (Wildman–Crippen LogP) is 0.765. The van der Waals surface area contributed by atoms with Crippen LogP contribution >= 0.6 is 0 Å². The van der Waals surface area contributed by atoms with E-state index in [0.717, 1.165) is 10.1 Å². The van der Waals surface area contributed by atoms with Crippen molar-refractivity contribution >= 4 is 0 Å². The number of nitrogens with one attached hydrogen (secondary N) is 1. The lowest BCUT2D eigenvalue weighted by molar-refractivity contribution is 0.691. The summed E-state index contributed by atoms with van der Waals surface area (Å²) in [6, 6.07) is 8.79. The molecule has 0 spiro atoms. The van der Waals surface area contributed by atoms with Crippen molar-refractivity contribution in [2.24, 2.45) is 0 Å². The van der Waals surface area contributed by atoms with Gasteiger partial charge in [-0.25, -0.2) is 4.79 Å². The molecule has 0 unspecified atom stereocenters. The van der Waals surface area contributed by atoms with Crippen molar-refractivity contribution in [3.63, 3.8) is 0 Å². The normalized spacial score (nSPS) is 10.0. The third kappa shape index (κ3) is 2.23. The summed E-state index contributed by atoms with van der Waals surface area (Å²) in [5, 5.41) is 8.68. The molecule has 1 aromatic carbocycles. The molecule has 0 amide bonds. The minimum Gasteiger partial charge on any atom is -0.314 e. The van der Waals surface area contributed by atoms with Crippen LogP contribution in [-0.4, -0.2) is 9.55 Å². The fraction of sp³-hybridized carbons (Fsp3) is 0.154. The molecule has 0 fully saturated rings. The van der Waals surface area contributed by atoms with E-state index in [1.807, 2.05) is 6.07 Å². The number of nitrogens with zero attached hydrogens (tertiary/aromatic N) is 2. The topological polar surface area (TPSA) is 78.7 Å². The minimum atomic E-state index is -0.435. The Morgan fingerprint density at radius 2 is 1.94 bits per heavy atom. The fourth-order valence-electron chi connectivity index (χ4n) is 1.63. The van der Waals surface area contributed by atoms with Crippen molar-refractivity contribution in [3.8, 4) is 6.07 Å². The number of aryl methyl sites for hydroxylation is 1. The Kier molecular flexibility index (Phi) is 3.11. The molecule has 5 nitrogen and oxygen atoms in total. The summed E-state index contributed by atoms with van der Waals surface area (Å²) in [7, 11) is 0. The first-order valence-corrected chi connectivity index (χ1v) is 5.40. The molecule has 1 heterocycles. The number of rotatable bonds is 2. The number of aromatic amines is 1. The fourth-order valence-corrected chi connectivity index (χ4v) is 1.63. The van der Waals surface area contributed by atoms with Gasteiger partial charge in [0.1, 0.15) is 0 Å². The lowest BCUT2D eigenvalue weighted by Crippen LogP contribution is -2.36. The van der Waals surface area contributed by atoms with Crippen molar-refractivity contribution in [2.75, 3.05) is 0 Å². The number of H-pyrrole nitrogens is 1. The van der Waals surface area contributed by atoms with E-state index in [2.05, 4.69) is 4.98 Å². The maximum atomic E-state index is 11.8. The number of hydrogen-bond acceptors (Lipinski definition) is 3. The second-order valence-corrected chi connectivity index (χ2v) is 3.98. The highest BCUT2D eigenvalue weighted by Crippen LogP contribution is 2.03. The summed E-state index contributed by atoms with van der Waals surface area (Å²) >= 11 is 0. The molecule has 90 valence electrons. The van der Waals surface area contributed by atoms with Crippen molar-refractivity contribution in [2.45, 2.75) is 13.5 Å². The van der Waals surface area contributed by atoms with Crippen LogP contribution in [0, 0.1) is 18.3 Å². The molecule has 5 heteroatoms. The summed E-state index contributed by atoms with van der Waals surface area (Å²) in [6.45, 7) is 1.84. The Hall–Kier alpha value is -2.61. The predicted molar refractivity (Wildman–Crippen MR) is 66.3 cm³/mol. The number of hydrogen-bond donors (Lipinski definition) is 1. The Bertz CT molecular complexity index is 718. The van der Waals surface area contributed by atoms with Crippen molar-refractivity contribution < 1.29 is 0 Å². The Morgan fingerprint density at radius 3 is 2.56 bits per heavy atom. The van der Waals surface area contributed by atoms with Crippen LogP contribution in [0.15, 0.2) is 40.1 Å². The molecule has 1 aromatic heterocycles. The maximum absolute atomic E-state index is 11.8. The van der Waals surface area contributed by atoms with Gasteiger partial charge in [0.2, 0.25) is 0 Å². The molecule has 0 radical (unpaired) electrons. The number of aromatic nitrogens is 2. The van der Waals surface area contributed by atoms with Gasteiger partial charge in [0, 0.05) is 11.8 Å². The highest BCUT2D eigenvalue weighted by atomic mass is 16.2. The molecule has 2 aromatic rings. The van der Waals surface area contributed by atoms with Crippen LogP contribution in [0.4, 0.5) is 0 Å². The second kappa shape index (κ2) is 4.72. The summed E-state index contributed by atoms with van der Waals surface area (Å²) in [4.78, 5) is 25.9. The van der Waals surface area contributed by atoms with Crippen LogP contribution in [-0.2, 0) is 6.54 Å². The molecule has 0 aliphatic carbocycles. The van der Waals surface area contributed by atoms with Gasteiger partial charge in [-0.2, -0.15) is 5.26 Å². The first-order valence-electron chi connectivity index (χ1n) is 5.40. The van der Waals surface area contributed by atoms with Crippen LogP contribution in [0.5, 0.6) is 0 Å². The Balaban J connectivity index is 2.40. The van der Waals surface area contributed by atoms with Gasteiger partial charge in [-0.3, -0.25) is 9.36 Å². The van der Waals surface area contributed by atoms with Gasteiger partial charge in [0.15, 0.2) is 0 Å². The van der Waals surface area contributed by atoms with E-state index in [1.165, 1.54) is 6.20 Å². The Labute approximate surface area is 103 Å². The highest BCUT2D eigenvalue weighted by molar-refractivity contribution is 5.31. The number of benzene rings is 1. The molecule has 1 N–H and O–H groups in total. The standard InChI is InChI=1S/C13H11N3O2/c1-9-7-15-13(18)16(12(9)17)8-11-4-2-10(6-14)3-5-11/h2-5,7H,8H2,1H3,(H,15,18). The second-order valence-electron chi connectivity index (χ2n) is 3.98. The van der Waals surface area contributed by atoms with E-state index in [4.69, 9.17) is 5.26 Å². The van der Waals surface area contributed by atoms with E-state index in [9.17, 15) is 9.59 Å². The molecule has 0 saturated carbocycles. The van der Waals surface area contributed by atoms with Crippen LogP contribution in [0.1, 0.15) is 16.7 Å². The molecule has 2 rings (SSSR count). The molecule has 18 heavy (non-hydrogen) atoms. The van der Waals surface area contributed by atoms with Gasteiger partial charge in [-0.05, 0) is 24.6 Å². The Morgan fingerprint density at radius 1 is 1.28 bits per heavy atom. The van der Waals surface area contributed by atoms with Crippen LogP contribution in [0.25, 0.3) is 0 Å². The van der Waals surface area contributed by atoms with Gasteiger partial charge < -0.3 is 4.98 Å². The summed E-state index contributed by atoms with van der Waals surface area (Å²) in [6.07, 6.45) is 1.40. The zero-order valence-corrected chi connectivity index (χ0v) is 9.80. The van der Waals surface area contributed by atoms with Crippen LogP contribution < -0.4 is 11.2 Å². The third-order valence-electron chi connectivity index (χ3n) is 2.66. The lowest BCUT2D eigenvalue weighted by atomic mass is 10.1. The average Bonchev–Trinajstić information content (AvgIpc) is 2.40. The van der Waals surface area contributed by atoms with Gasteiger partial charge >= 0.3 is 5.69 Å². The molecule has 0 saturated heterocycles. The lowest BCUT2D eigenvalue weighted by Gasteiger charge is -2.05. The van der Waals surface area contributed by atoms with Crippen molar-refractivity contribution in [1.29, 1.82) is 5.26 Å². The zero-order valence-electron chi connectivity index (χ0n) is 9.80. The zero-order chi connectivity index (χ0) is 13.1. The molecular weight excluding hydrogens is 230 g/mol. The monoisotopic (exact) mass is 241 g/mol.